The van der Waals surface area contributed by atoms with E-state index in [4.69, 9.17) is 30.3 Å². The van der Waals surface area contributed by atoms with E-state index in [9.17, 15) is 34.2 Å². The molecule has 2 unspecified atom stereocenters. The van der Waals surface area contributed by atoms with E-state index in [0.29, 0.717) is 12.0 Å². The van der Waals surface area contributed by atoms with Gasteiger partial charge in [0.05, 0.1) is 36.5 Å². The molecule has 0 saturated heterocycles. The van der Waals surface area contributed by atoms with E-state index < -0.39 is 100 Å². The number of halogens is 1. The van der Waals surface area contributed by atoms with Crippen molar-refractivity contribution in [3.05, 3.63) is 23.8 Å². The summed E-state index contributed by atoms with van der Waals surface area (Å²) in [6.07, 6.45) is -0.391. The van der Waals surface area contributed by atoms with Gasteiger partial charge < -0.3 is 25.0 Å². The van der Waals surface area contributed by atoms with E-state index in [0.717, 1.165) is 0 Å². The second-order valence-electron chi connectivity index (χ2n) is 13.8. The van der Waals surface area contributed by atoms with E-state index in [1.54, 1.807) is 6.92 Å². The first-order valence-corrected chi connectivity index (χ1v) is 16.7. The Labute approximate surface area is 292 Å². The van der Waals surface area contributed by atoms with Gasteiger partial charge in [0.2, 0.25) is 17.3 Å². The lowest BCUT2D eigenvalue weighted by atomic mass is 9.44. The molecule has 286 valence electrons. The molecule has 0 aromatic carbocycles. The highest BCUT2D eigenvalue weighted by Crippen LogP contribution is 2.70. The molecule has 0 spiro atoms. The number of esters is 2. The van der Waals surface area contributed by atoms with E-state index >= 15 is 4.39 Å². The topological polar surface area (TPSA) is 262 Å². The van der Waals surface area contributed by atoms with Crippen molar-refractivity contribution in [1.29, 1.82) is 0 Å². The molecule has 3 fully saturated rings. The van der Waals surface area contributed by atoms with Crippen LogP contribution in [0.15, 0.2) is 23.8 Å². The predicted octanol–water partition coefficient (Wildman–Crippen LogP) is 0.813. The van der Waals surface area contributed by atoms with Gasteiger partial charge in [0.15, 0.2) is 18.1 Å². The zero-order valence-electron chi connectivity index (χ0n) is 28.4. The maximum absolute atomic E-state index is 17.6. The third-order valence-corrected chi connectivity index (χ3v) is 11.0. The zero-order chi connectivity index (χ0) is 37.8. The Morgan fingerprint density at radius 3 is 2.24 bits per heavy atom. The lowest BCUT2D eigenvalue weighted by molar-refractivity contribution is -0.492. The molecule has 0 bridgehead atoms. The van der Waals surface area contributed by atoms with Crippen LogP contribution in [0.5, 0.6) is 0 Å². The third-order valence-electron chi connectivity index (χ3n) is 11.0. The van der Waals surface area contributed by atoms with E-state index in [-0.39, 0.29) is 64.1 Å². The van der Waals surface area contributed by atoms with Gasteiger partial charge in [-0.05, 0) is 63.5 Å². The predicted molar refractivity (Wildman–Crippen MR) is 163 cm³/mol. The molecule has 4 rings (SSSR count). The van der Waals surface area contributed by atoms with Crippen molar-refractivity contribution in [2.24, 2.45) is 22.7 Å². The number of fused-ring (bicyclic) bond motifs is 5. The van der Waals surface area contributed by atoms with Gasteiger partial charge in [0.1, 0.15) is 6.10 Å². The van der Waals surface area contributed by atoms with Crippen LogP contribution < -0.4 is 5.32 Å². The number of alkyl halides is 1. The summed E-state index contributed by atoms with van der Waals surface area (Å²) < 4.78 is 28.6. The molecule has 4 aliphatic carbocycles. The number of allylic oxidation sites excluding steroid dienone is 4. The monoisotopic (exact) mass is 731 g/mol. The fourth-order valence-electron chi connectivity index (χ4n) is 8.64. The van der Waals surface area contributed by atoms with Crippen molar-refractivity contribution in [2.45, 2.75) is 95.1 Å². The van der Waals surface area contributed by atoms with Gasteiger partial charge in [-0.1, -0.05) is 18.6 Å². The molecule has 0 aliphatic heterocycles. The second kappa shape index (κ2) is 16.2. The summed E-state index contributed by atoms with van der Waals surface area (Å²) >= 11 is 0. The number of carbonyl (C=O) groups excluding carboxylic acids is 5. The van der Waals surface area contributed by atoms with Gasteiger partial charge in [-0.15, -0.1) is 0 Å². The number of carbonyl (C=O) groups is 5. The normalized spacial score (nSPS) is 34.0. The minimum absolute atomic E-state index is 0.0601. The largest absolute Gasteiger partial charge is 0.457 e. The lowest BCUT2D eigenvalue weighted by Crippen LogP contribution is -2.70. The molecule has 8 atom stereocenters. The second-order valence-corrected chi connectivity index (χ2v) is 13.8. The quantitative estimate of drug-likeness (QED) is 0.0620. The molecule has 4 aliphatic rings. The van der Waals surface area contributed by atoms with Crippen molar-refractivity contribution >= 4 is 29.4 Å². The van der Waals surface area contributed by atoms with Crippen molar-refractivity contribution < 1.29 is 78.6 Å². The molecule has 18 nitrogen and oxygen atoms in total. The van der Waals surface area contributed by atoms with Crippen LogP contribution in [0.2, 0.25) is 0 Å². The summed E-state index contributed by atoms with van der Waals surface area (Å²) in [6.45, 7) is 1.47. The van der Waals surface area contributed by atoms with Gasteiger partial charge in [0.25, 0.3) is 0 Å². The highest BCUT2D eigenvalue weighted by Gasteiger charge is 2.78. The molecule has 0 radical (unpaired) electrons. The first-order chi connectivity index (χ1) is 23.9. The summed E-state index contributed by atoms with van der Waals surface area (Å²) in [4.78, 5) is 72.9. The molecular formula is C32H46FN3O15. The Morgan fingerprint density at radius 1 is 0.941 bits per heavy atom. The molecule has 0 aromatic heterocycles. The van der Waals surface area contributed by atoms with Gasteiger partial charge in [0, 0.05) is 36.1 Å². The van der Waals surface area contributed by atoms with Crippen LogP contribution in [0.1, 0.15) is 71.6 Å². The summed E-state index contributed by atoms with van der Waals surface area (Å²) in [5.41, 5.74) is -7.13. The standard InChI is InChI=1S/C32H46FN3O15/c1-29-11-9-20(37)15-19(29)7-8-21-22-16-23(38)32(30(22,2)17-24(39)31(21,29)33,51-28(43)6-4-14-50-36(46)47)25(40)18-48-27(42)10-12-34-26(41)5-3-13-49-35(44)45/h9,11,15,21-24,38-39,44-47H,3-8,10,12-14,16-18H2,1-2H3,(H,34,41)/t21?,22?,23-,24+,29+,30+,31+,32+/m1/s1. The molecule has 3 saturated carbocycles. The number of nitrogens with one attached hydrogen (secondary N) is 1. The van der Waals surface area contributed by atoms with E-state index in [1.807, 2.05) is 0 Å². The van der Waals surface area contributed by atoms with Crippen molar-refractivity contribution in [1.82, 2.24) is 16.1 Å². The first-order valence-electron chi connectivity index (χ1n) is 16.7. The van der Waals surface area contributed by atoms with Crippen LogP contribution in [-0.4, -0.2) is 121 Å². The number of nitrogens with zero attached hydrogens (tertiary/aromatic N) is 2. The fraction of sp³-hybridized carbons (Fsp3) is 0.719. The number of ether oxygens (including phenoxy) is 2. The van der Waals surface area contributed by atoms with Crippen molar-refractivity contribution in [2.75, 3.05) is 26.4 Å². The summed E-state index contributed by atoms with van der Waals surface area (Å²) in [5.74, 6) is -5.48. The molecule has 0 heterocycles. The summed E-state index contributed by atoms with van der Waals surface area (Å²) in [5, 5.41) is 59.3. The highest BCUT2D eigenvalue weighted by atomic mass is 19.1. The lowest BCUT2D eigenvalue weighted by Gasteiger charge is -2.62. The first kappa shape index (κ1) is 40.5. The Morgan fingerprint density at radius 2 is 1.59 bits per heavy atom. The van der Waals surface area contributed by atoms with Crippen LogP contribution in [-0.2, 0) is 43.1 Å². The summed E-state index contributed by atoms with van der Waals surface area (Å²) in [6, 6.07) is 0. The fourth-order valence-corrected chi connectivity index (χ4v) is 8.64. The number of hydrogen-bond acceptors (Lipinski definition) is 17. The number of aliphatic hydroxyl groups is 2. The minimum Gasteiger partial charge on any atom is -0.457 e. The molecule has 19 heteroatoms. The molecular weight excluding hydrogens is 685 g/mol. The number of Topliss-reactive ketones (excluding diaryl/α,β-unsaturated/α-hetero) is 1. The third kappa shape index (κ3) is 7.92. The molecule has 1 amide bonds. The number of aliphatic hydroxyl groups excluding tert-OH is 2. The van der Waals surface area contributed by atoms with Gasteiger partial charge in [-0.25, -0.2) is 4.39 Å². The van der Waals surface area contributed by atoms with Crippen molar-refractivity contribution in [3.8, 4) is 0 Å². The van der Waals surface area contributed by atoms with Crippen LogP contribution in [0.4, 0.5) is 4.39 Å². The summed E-state index contributed by atoms with van der Waals surface area (Å²) in [7, 11) is 0. The van der Waals surface area contributed by atoms with Gasteiger partial charge in [-0.2, -0.15) is 0 Å². The average molecular weight is 732 g/mol. The number of amides is 1. The minimum atomic E-state index is -2.40. The average Bonchev–Trinajstić information content (AvgIpc) is 3.27. The van der Waals surface area contributed by atoms with Gasteiger partial charge in [-0.3, -0.25) is 54.5 Å². The number of hydrogen-bond donors (Lipinski definition) is 7. The molecule has 51 heavy (non-hydrogen) atoms. The van der Waals surface area contributed by atoms with E-state index in [1.165, 1.54) is 25.2 Å². The van der Waals surface area contributed by atoms with Crippen LogP contribution in [0.25, 0.3) is 0 Å². The van der Waals surface area contributed by atoms with Gasteiger partial charge >= 0.3 is 11.9 Å². The maximum Gasteiger partial charge on any atom is 0.308 e. The Balaban J connectivity index is 1.53. The number of ketones is 2. The van der Waals surface area contributed by atoms with Crippen molar-refractivity contribution in [3.63, 3.8) is 0 Å². The van der Waals surface area contributed by atoms with Crippen LogP contribution in [0.3, 0.4) is 0 Å². The highest BCUT2D eigenvalue weighted by molar-refractivity contribution is 6.01. The van der Waals surface area contributed by atoms with Crippen LogP contribution >= 0.6 is 0 Å². The Bertz CT molecular complexity index is 1410. The Hall–Kier alpha value is -3.24. The maximum atomic E-state index is 17.6. The van der Waals surface area contributed by atoms with E-state index in [2.05, 4.69) is 15.0 Å². The molecule has 0 aromatic rings. The molecule has 7 N–H and O–H groups in total. The smallest absolute Gasteiger partial charge is 0.308 e. The number of rotatable bonds is 17. The van der Waals surface area contributed by atoms with Crippen LogP contribution in [0, 0.1) is 22.7 Å². The SMILES string of the molecule is C[C@]12C=CC(=O)C=C1CCC1C3C[C@@H](O)[C@](OC(=O)CCCON(O)O)(C(=O)COC(=O)CCNC(=O)CCCON(O)O)[C@@]3(C)C[C@H](O)[C@@]12F. The zero-order valence-corrected chi connectivity index (χ0v) is 28.4. The Kier molecular flexibility index (Phi) is 12.9.